The molecule has 150 valence electrons. The quantitative estimate of drug-likeness (QED) is 0.796. The summed E-state index contributed by atoms with van der Waals surface area (Å²) < 4.78 is 13.5. The first-order valence-electron chi connectivity index (χ1n) is 10.3. The normalized spacial score (nSPS) is 28.4. The van der Waals surface area contributed by atoms with Gasteiger partial charge in [-0.3, -0.25) is 9.36 Å². The van der Waals surface area contributed by atoms with Gasteiger partial charge >= 0.3 is 0 Å². The second kappa shape index (κ2) is 6.94. The Morgan fingerprint density at radius 1 is 1.21 bits per heavy atom. The van der Waals surface area contributed by atoms with E-state index >= 15 is 0 Å². The second-order valence-corrected chi connectivity index (χ2v) is 9.12. The number of ether oxygens (including phenoxy) is 2. The minimum absolute atomic E-state index is 0.135. The fourth-order valence-electron chi connectivity index (χ4n) is 4.75. The maximum atomic E-state index is 11.3. The molecule has 0 spiro atoms. The number of aromatic nitrogens is 2. The van der Waals surface area contributed by atoms with Crippen molar-refractivity contribution in [1.29, 1.82) is 0 Å². The SMILES string of the molecule is CC1CCCC(C)(c2ccc(OCC3Cn4ccc(=O)nc4O3)cc2)C1(C)C. The van der Waals surface area contributed by atoms with Gasteiger partial charge in [0.15, 0.2) is 6.10 Å². The number of rotatable bonds is 4. The standard InChI is InChI=1S/C23H30N2O3/c1-16-6-5-12-23(4,22(16,2)3)17-7-9-18(10-8-17)27-15-19-14-25-13-11-20(26)24-21(25)28-19/h7-11,13,16,19H,5-6,12,14-15H2,1-4H3. The molecule has 1 saturated carbocycles. The van der Waals surface area contributed by atoms with Crippen LogP contribution in [0.25, 0.3) is 0 Å². The molecule has 1 aliphatic heterocycles. The van der Waals surface area contributed by atoms with Crippen molar-refractivity contribution in [3.8, 4) is 11.8 Å². The van der Waals surface area contributed by atoms with Crippen molar-refractivity contribution in [1.82, 2.24) is 9.55 Å². The Balaban J connectivity index is 1.41. The molecule has 2 aliphatic rings. The molecule has 5 nitrogen and oxygen atoms in total. The molecule has 0 bridgehead atoms. The lowest BCUT2D eigenvalue weighted by Gasteiger charge is -2.52. The first-order valence-corrected chi connectivity index (χ1v) is 10.3. The number of fused-ring (bicyclic) bond motifs is 1. The lowest BCUT2D eigenvalue weighted by molar-refractivity contribution is 0.0476. The first kappa shape index (κ1) is 19.0. The van der Waals surface area contributed by atoms with Crippen LogP contribution in [0.2, 0.25) is 0 Å². The maximum absolute atomic E-state index is 11.3. The zero-order valence-corrected chi connectivity index (χ0v) is 17.3. The van der Waals surface area contributed by atoms with E-state index in [9.17, 15) is 4.79 Å². The maximum Gasteiger partial charge on any atom is 0.300 e. The summed E-state index contributed by atoms with van der Waals surface area (Å²) in [5.74, 6) is 1.56. The van der Waals surface area contributed by atoms with Crippen LogP contribution >= 0.6 is 0 Å². The Morgan fingerprint density at radius 3 is 2.71 bits per heavy atom. The summed E-state index contributed by atoms with van der Waals surface area (Å²) in [6, 6.07) is 10.4. The molecular weight excluding hydrogens is 352 g/mol. The zero-order chi connectivity index (χ0) is 19.9. The van der Waals surface area contributed by atoms with Gasteiger partial charge in [0, 0.05) is 12.3 Å². The minimum Gasteiger partial charge on any atom is -0.490 e. The van der Waals surface area contributed by atoms with Gasteiger partial charge in [-0.1, -0.05) is 52.7 Å². The molecule has 0 amide bonds. The highest BCUT2D eigenvalue weighted by Crippen LogP contribution is 2.54. The predicted molar refractivity (Wildman–Crippen MR) is 109 cm³/mol. The Kier molecular flexibility index (Phi) is 4.72. The first-order chi connectivity index (χ1) is 13.3. The zero-order valence-electron chi connectivity index (χ0n) is 17.3. The summed E-state index contributed by atoms with van der Waals surface area (Å²) in [6.07, 6.45) is 5.41. The van der Waals surface area contributed by atoms with E-state index in [4.69, 9.17) is 9.47 Å². The fraction of sp³-hybridized carbons (Fsp3) is 0.565. The van der Waals surface area contributed by atoms with Crippen molar-refractivity contribution in [2.75, 3.05) is 6.61 Å². The third kappa shape index (κ3) is 3.21. The topological polar surface area (TPSA) is 53.4 Å². The van der Waals surface area contributed by atoms with Gasteiger partial charge in [0.1, 0.15) is 12.4 Å². The summed E-state index contributed by atoms with van der Waals surface area (Å²) in [4.78, 5) is 15.2. The van der Waals surface area contributed by atoms with Crippen LogP contribution in [0.4, 0.5) is 0 Å². The predicted octanol–water partition coefficient (Wildman–Crippen LogP) is 4.19. The molecule has 28 heavy (non-hydrogen) atoms. The van der Waals surface area contributed by atoms with Gasteiger partial charge in [-0.2, -0.15) is 4.98 Å². The van der Waals surface area contributed by atoms with Crippen molar-refractivity contribution in [3.63, 3.8) is 0 Å². The third-order valence-electron chi connectivity index (χ3n) is 7.42. The lowest BCUT2D eigenvalue weighted by Crippen LogP contribution is -2.46. The Bertz CT molecular complexity index is 903. The van der Waals surface area contributed by atoms with Crippen molar-refractivity contribution < 1.29 is 9.47 Å². The monoisotopic (exact) mass is 382 g/mol. The van der Waals surface area contributed by atoms with E-state index in [-0.39, 0.29) is 22.5 Å². The number of hydrogen-bond acceptors (Lipinski definition) is 4. The smallest absolute Gasteiger partial charge is 0.300 e. The molecule has 1 aromatic carbocycles. The summed E-state index contributed by atoms with van der Waals surface area (Å²) in [6.45, 7) is 10.7. The molecule has 4 rings (SSSR count). The van der Waals surface area contributed by atoms with Crippen LogP contribution in [-0.4, -0.2) is 22.3 Å². The van der Waals surface area contributed by atoms with E-state index < -0.39 is 0 Å². The summed E-state index contributed by atoms with van der Waals surface area (Å²) in [7, 11) is 0. The van der Waals surface area contributed by atoms with Crippen LogP contribution in [0.1, 0.15) is 52.5 Å². The summed E-state index contributed by atoms with van der Waals surface area (Å²) in [5.41, 5.74) is 1.56. The van der Waals surface area contributed by atoms with Gasteiger partial charge < -0.3 is 9.47 Å². The molecule has 1 fully saturated rings. The van der Waals surface area contributed by atoms with Crippen LogP contribution in [0.3, 0.4) is 0 Å². The van der Waals surface area contributed by atoms with E-state index in [1.54, 1.807) is 6.20 Å². The molecule has 3 unspecified atom stereocenters. The molecule has 0 N–H and O–H groups in total. The van der Waals surface area contributed by atoms with Gasteiger partial charge in [0.05, 0.1) is 6.54 Å². The Hall–Kier alpha value is -2.30. The van der Waals surface area contributed by atoms with Crippen molar-refractivity contribution >= 4 is 0 Å². The van der Waals surface area contributed by atoms with Gasteiger partial charge in [0.2, 0.25) is 0 Å². The molecule has 1 aromatic heterocycles. The number of benzene rings is 1. The van der Waals surface area contributed by atoms with E-state index in [0.29, 0.717) is 25.1 Å². The van der Waals surface area contributed by atoms with Crippen molar-refractivity contribution in [2.45, 2.75) is 65.0 Å². The highest BCUT2D eigenvalue weighted by molar-refractivity contribution is 5.34. The largest absolute Gasteiger partial charge is 0.490 e. The molecule has 1 aliphatic carbocycles. The number of hydrogen-bond donors (Lipinski definition) is 0. The van der Waals surface area contributed by atoms with Crippen molar-refractivity contribution in [3.05, 3.63) is 52.4 Å². The summed E-state index contributed by atoms with van der Waals surface area (Å²) >= 11 is 0. The third-order valence-corrected chi connectivity index (χ3v) is 7.42. The molecular formula is C23H30N2O3. The van der Waals surface area contributed by atoms with E-state index in [1.165, 1.54) is 30.9 Å². The van der Waals surface area contributed by atoms with Crippen LogP contribution in [0.15, 0.2) is 41.3 Å². The van der Waals surface area contributed by atoms with Gasteiger partial charge in [0.25, 0.3) is 11.6 Å². The average molecular weight is 383 g/mol. The van der Waals surface area contributed by atoms with E-state index in [2.05, 4.69) is 56.9 Å². The van der Waals surface area contributed by atoms with Crippen LogP contribution in [0, 0.1) is 11.3 Å². The van der Waals surface area contributed by atoms with Crippen molar-refractivity contribution in [2.24, 2.45) is 11.3 Å². The van der Waals surface area contributed by atoms with E-state index in [1.807, 2.05) is 4.57 Å². The van der Waals surface area contributed by atoms with Gasteiger partial charge in [-0.15, -0.1) is 0 Å². The van der Waals surface area contributed by atoms with Crippen LogP contribution in [0.5, 0.6) is 11.8 Å². The lowest BCUT2D eigenvalue weighted by atomic mass is 9.52. The Labute approximate surface area is 166 Å². The minimum atomic E-state index is -0.281. The van der Waals surface area contributed by atoms with E-state index in [0.717, 1.165) is 5.75 Å². The molecule has 2 aromatic rings. The second-order valence-electron chi connectivity index (χ2n) is 9.12. The van der Waals surface area contributed by atoms with Crippen LogP contribution in [-0.2, 0) is 12.0 Å². The molecule has 3 atom stereocenters. The highest BCUT2D eigenvalue weighted by Gasteiger charge is 2.47. The molecule has 5 heteroatoms. The fourth-order valence-corrected chi connectivity index (χ4v) is 4.75. The molecule has 0 radical (unpaired) electrons. The van der Waals surface area contributed by atoms with Gasteiger partial charge in [-0.05, 0) is 40.9 Å². The van der Waals surface area contributed by atoms with Crippen LogP contribution < -0.4 is 15.0 Å². The summed E-state index contributed by atoms with van der Waals surface area (Å²) in [5, 5.41) is 0. The number of nitrogens with zero attached hydrogens (tertiary/aromatic N) is 2. The average Bonchev–Trinajstić information content (AvgIpc) is 3.07. The molecule has 0 saturated heterocycles. The van der Waals surface area contributed by atoms with Gasteiger partial charge in [-0.25, -0.2) is 0 Å². The molecule has 2 heterocycles. The highest BCUT2D eigenvalue weighted by atomic mass is 16.6. The Morgan fingerprint density at radius 2 is 1.96 bits per heavy atom.